The molecular formula is C26H28ClN5O3. The van der Waals surface area contributed by atoms with Crippen molar-refractivity contribution in [1.82, 2.24) is 20.4 Å². The summed E-state index contributed by atoms with van der Waals surface area (Å²) in [4.78, 5) is 21.5. The van der Waals surface area contributed by atoms with Gasteiger partial charge in [0.1, 0.15) is 5.58 Å². The highest BCUT2D eigenvalue weighted by atomic mass is 35.5. The lowest BCUT2D eigenvalue weighted by Gasteiger charge is -2.36. The van der Waals surface area contributed by atoms with Crippen LogP contribution in [0.15, 0.2) is 45.3 Å². The van der Waals surface area contributed by atoms with Crippen LogP contribution in [0.5, 0.6) is 0 Å². The summed E-state index contributed by atoms with van der Waals surface area (Å²) in [5.41, 5.74) is 5.15. The maximum Gasteiger partial charge on any atom is 0.316 e. The van der Waals surface area contributed by atoms with E-state index >= 15 is 0 Å². The number of furan rings is 1. The quantitative estimate of drug-likeness (QED) is 0.419. The van der Waals surface area contributed by atoms with Gasteiger partial charge in [-0.15, -0.1) is 0 Å². The van der Waals surface area contributed by atoms with Crippen LogP contribution >= 0.6 is 11.6 Å². The second-order valence-corrected chi connectivity index (χ2v) is 9.38. The lowest BCUT2D eigenvalue weighted by molar-refractivity contribution is 0.0904. The Labute approximate surface area is 208 Å². The van der Waals surface area contributed by atoms with Crippen LogP contribution in [0.3, 0.4) is 0 Å². The largest absolute Gasteiger partial charge is 0.452 e. The summed E-state index contributed by atoms with van der Waals surface area (Å²) in [6.45, 7) is 10.9. The average molecular weight is 494 g/mol. The van der Waals surface area contributed by atoms with E-state index in [2.05, 4.69) is 38.2 Å². The van der Waals surface area contributed by atoms with Crippen molar-refractivity contribution in [2.24, 2.45) is 0 Å². The van der Waals surface area contributed by atoms with Crippen LogP contribution in [0.4, 0.5) is 5.69 Å². The number of aryl methyl sites for hydroxylation is 3. The lowest BCUT2D eigenvalue weighted by Crippen LogP contribution is -2.48. The topological polar surface area (TPSA) is 87.6 Å². The molecule has 1 saturated heterocycles. The zero-order valence-corrected chi connectivity index (χ0v) is 20.9. The molecule has 1 amide bonds. The monoisotopic (exact) mass is 493 g/mol. The van der Waals surface area contributed by atoms with Crippen molar-refractivity contribution in [3.05, 3.63) is 64.0 Å². The molecule has 2 aromatic heterocycles. The SMILES string of the molecule is Cc1ccc(Cl)cc1N1CCN(CCNC(=O)c2nc(-c3oc4c(C)cccc4c3C)no2)CC1. The molecule has 0 spiro atoms. The minimum atomic E-state index is -0.387. The van der Waals surface area contributed by atoms with Gasteiger partial charge in [0, 0.05) is 60.9 Å². The summed E-state index contributed by atoms with van der Waals surface area (Å²) < 4.78 is 11.2. The number of piperazine rings is 1. The number of anilines is 1. The molecule has 1 N–H and O–H groups in total. The van der Waals surface area contributed by atoms with Crippen molar-refractivity contribution in [3.8, 4) is 11.6 Å². The first-order valence-corrected chi connectivity index (χ1v) is 12.1. The number of hydrogen-bond acceptors (Lipinski definition) is 7. The van der Waals surface area contributed by atoms with E-state index in [1.165, 1.54) is 11.3 Å². The van der Waals surface area contributed by atoms with Gasteiger partial charge >= 0.3 is 11.8 Å². The van der Waals surface area contributed by atoms with Crippen LogP contribution in [0, 0.1) is 20.8 Å². The van der Waals surface area contributed by atoms with Crippen LogP contribution in [0.2, 0.25) is 5.02 Å². The van der Waals surface area contributed by atoms with Gasteiger partial charge in [-0.2, -0.15) is 4.98 Å². The standard InChI is InChI=1S/C26H28ClN5O3/c1-16-7-8-19(27)15-21(16)32-13-11-31(12-14-32)10-9-28-25(33)26-29-24(30-35-26)23-18(3)20-6-4-5-17(2)22(20)34-23/h4-8,15H,9-14H2,1-3H3,(H,28,33). The number of hydrogen-bond donors (Lipinski definition) is 1. The van der Waals surface area contributed by atoms with Gasteiger partial charge in [-0.3, -0.25) is 9.69 Å². The molecule has 3 heterocycles. The summed E-state index contributed by atoms with van der Waals surface area (Å²) in [5.74, 6) is 0.334. The van der Waals surface area contributed by atoms with E-state index in [9.17, 15) is 4.79 Å². The zero-order chi connectivity index (χ0) is 24.5. The number of fused-ring (bicyclic) bond motifs is 1. The highest BCUT2D eigenvalue weighted by molar-refractivity contribution is 6.30. The Morgan fingerprint density at radius 2 is 1.89 bits per heavy atom. The predicted octanol–water partition coefficient (Wildman–Crippen LogP) is 4.61. The second kappa shape index (κ2) is 9.71. The van der Waals surface area contributed by atoms with Gasteiger partial charge in [-0.1, -0.05) is 41.0 Å². The number of amides is 1. The molecule has 5 rings (SSSR count). The molecule has 1 aliphatic heterocycles. The zero-order valence-electron chi connectivity index (χ0n) is 20.1. The van der Waals surface area contributed by atoms with Crippen LogP contribution in [0.1, 0.15) is 27.4 Å². The van der Waals surface area contributed by atoms with E-state index in [0.29, 0.717) is 12.3 Å². The van der Waals surface area contributed by atoms with Crippen molar-refractivity contribution in [2.45, 2.75) is 20.8 Å². The Kier molecular flexibility index (Phi) is 6.49. The molecular weight excluding hydrogens is 466 g/mol. The highest BCUT2D eigenvalue weighted by Crippen LogP contribution is 2.33. The fourth-order valence-corrected chi connectivity index (χ4v) is 4.71. The molecule has 9 heteroatoms. The fraction of sp³-hybridized carbons (Fsp3) is 0.346. The molecule has 4 aromatic rings. The summed E-state index contributed by atoms with van der Waals surface area (Å²) >= 11 is 6.18. The number of halogens is 1. The smallest absolute Gasteiger partial charge is 0.316 e. The van der Waals surface area contributed by atoms with Gasteiger partial charge in [0.25, 0.3) is 0 Å². The third-order valence-corrected chi connectivity index (χ3v) is 6.82. The van der Waals surface area contributed by atoms with Crippen molar-refractivity contribution in [3.63, 3.8) is 0 Å². The molecule has 1 fully saturated rings. The first-order chi connectivity index (χ1) is 16.9. The van der Waals surface area contributed by atoms with Crippen LogP contribution in [-0.2, 0) is 0 Å². The first-order valence-electron chi connectivity index (χ1n) is 11.7. The summed E-state index contributed by atoms with van der Waals surface area (Å²) in [6.07, 6.45) is 0. The molecule has 35 heavy (non-hydrogen) atoms. The molecule has 0 bridgehead atoms. The Morgan fingerprint density at radius 1 is 1.09 bits per heavy atom. The third-order valence-electron chi connectivity index (χ3n) is 6.58. The normalized spacial score (nSPS) is 14.6. The van der Waals surface area contributed by atoms with Crippen molar-refractivity contribution < 1.29 is 13.7 Å². The van der Waals surface area contributed by atoms with E-state index in [1.54, 1.807) is 0 Å². The maximum absolute atomic E-state index is 12.6. The Morgan fingerprint density at radius 3 is 2.66 bits per heavy atom. The summed E-state index contributed by atoms with van der Waals surface area (Å²) in [5, 5.41) is 8.61. The minimum absolute atomic E-state index is 0.0715. The van der Waals surface area contributed by atoms with Gasteiger partial charge in [0.15, 0.2) is 5.76 Å². The number of nitrogens with one attached hydrogen (secondary N) is 1. The van der Waals surface area contributed by atoms with E-state index in [4.69, 9.17) is 20.5 Å². The maximum atomic E-state index is 12.6. The van der Waals surface area contributed by atoms with Crippen molar-refractivity contribution in [1.29, 1.82) is 0 Å². The Bertz CT molecular complexity index is 1370. The molecule has 0 atom stereocenters. The number of nitrogens with zero attached hydrogens (tertiary/aromatic N) is 4. The van der Waals surface area contributed by atoms with Crippen LogP contribution in [-0.4, -0.2) is 60.2 Å². The van der Waals surface area contributed by atoms with Gasteiger partial charge in [0.2, 0.25) is 5.82 Å². The molecule has 182 valence electrons. The summed E-state index contributed by atoms with van der Waals surface area (Å²) in [7, 11) is 0. The number of aromatic nitrogens is 2. The summed E-state index contributed by atoms with van der Waals surface area (Å²) in [6, 6.07) is 12.0. The van der Waals surface area contributed by atoms with E-state index in [-0.39, 0.29) is 17.6 Å². The van der Waals surface area contributed by atoms with Crippen LogP contribution in [0.25, 0.3) is 22.6 Å². The number of carbonyl (C=O) groups is 1. The minimum Gasteiger partial charge on any atom is -0.452 e. The van der Waals surface area contributed by atoms with Crippen molar-refractivity contribution in [2.75, 3.05) is 44.2 Å². The van der Waals surface area contributed by atoms with Crippen LogP contribution < -0.4 is 10.2 Å². The molecule has 1 aliphatic rings. The molecule has 0 radical (unpaired) electrons. The number of para-hydroxylation sites is 1. The first kappa shape index (κ1) is 23.4. The van der Waals surface area contributed by atoms with Gasteiger partial charge in [0.05, 0.1) is 0 Å². The number of benzene rings is 2. The number of rotatable bonds is 6. The van der Waals surface area contributed by atoms with E-state index < -0.39 is 0 Å². The fourth-order valence-electron chi connectivity index (χ4n) is 4.54. The van der Waals surface area contributed by atoms with E-state index in [0.717, 1.165) is 59.8 Å². The molecule has 8 nitrogen and oxygen atoms in total. The molecule has 0 saturated carbocycles. The lowest BCUT2D eigenvalue weighted by atomic mass is 10.1. The van der Waals surface area contributed by atoms with E-state index in [1.807, 2.05) is 44.2 Å². The predicted molar refractivity (Wildman–Crippen MR) is 136 cm³/mol. The molecule has 0 unspecified atom stereocenters. The second-order valence-electron chi connectivity index (χ2n) is 8.95. The van der Waals surface area contributed by atoms with Gasteiger partial charge in [-0.25, -0.2) is 0 Å². The highest BCUT2D eigenvalue weighted by Gasteiger charge is 2.22. The third kappa shape index (κ3) is 4.76. The number of carbonyl (C=O) groups excluding carboxylic acids is 1. The van der Waals surface area contributed by atoms with Crippen molar-refractivity contribution >= 4 is 34.2 Å². The molecule has 0 aliphatic carbocycles. The van der Waals surface area contributed by atoms with Gasteiger partial charge in [-0.05, 0) is 44.0 Å². The molecule has 2 aromatic carbocycles. The average Bonchev–Trinajstić information content (AvgIpc) is 3.47. The Hall–Kier alpha value is -3.36. The Balaban J connectivity index is 1.14. The van der Waals surface area contributed by atoms with Gasteiger partial charge < -0.3 is 19.2 Å².